The summed E-state index contributed by atoms with van der Waals surface area (Å²) in [4.78, 5) is 24.1. The van der Waals surface area contributed by atoms with Gasteiger partial charge in [-0.15, -0.1) is 13.2 Å². The van der Waals surface area contributed by atoms with Crippen LogP contribution in [0.2, 0.25) is 0 Å². The van der Waals surface area contributed by atoms with E-state index in [1.807, 2.05) is 48.6 Å². The average Bonchev–Trinajstić information content (AvgIpc) is 3.00. The van der Waals surface area contributed by atoms with Crippen LogP contribution in [0.15, 0.2) is 86.0 Å². The van der Waals surface area contributed by atoms with Gasteiger partial charge < -0.3 is 9.47 Å². The Bertz CT molecular complexity index is 938. The van der Waals surface area contributed by atoms with Crippen molar-refractivity contribution < 1.29 is 19.1 Å². The highest BCUT2D eigenvalue weighted by Gasteiger charge is 2.15. The average molecular weight is 563 g/mol. The van der Waals surface area contributed by atoms with E-state index in [-0.39, 0.29) is 24.1 Å². The second-order valence-electron chi connectivity index (χ2n) is 10.6. The molecule has 4 nitrogen and oxygen atoms in total. The maximum atomic E-state index is 12.0. The molecule has 2 aromatic rings. The number of carbonyl (C=O) groups excluding carboxylic acids is 2. The molecule has 0 aliphatic heterocycles. The summed E-state index contributed by atoms with van der Waals surface area (Å²) >= 11 is 0. The maximum Gasteiger partial charge on any atom is 0.338 e. The normalized spacial score (nSPS) is 11.9. The number of hydrogen-bond donors (Lipinski definition) is 0. The highest BCUT2D eigenvalue weighted by Crippen LogP contribution is 2.16. The van der Waals surface area contributed by atoms with E-state index in [9.17, 15) is 9.59 Å². The minimum Gasteiger partial charge on any atom is -0.458 e. The van der Waals surface area contributed by atoms with Crippen LogP contribution in [0.1, 0.15) is 131 Å². The Kier molecular flexibility index (Phi) is 21.6. The molecular formula is C37H54O4. The summed E-state index contributed by atoms with van der Waals surface area (Å²) in [6.07, 6.45) is 20.5. The van der Waals surface area contributed by atoms with Crippen LogP contribution in [-0.2, 0) is 9.47 Å². The van der Waals surface area contributed by atoms with Gasteiger partial charge in [0.25, 0.3) is 0 Å². The molecule has 0 saturated carbocycles. The first-order valence-electron chi connectivity index (χ1n) is 15.8. The van der Waals surface area contributed by atoms with E-state index in [2.05, 4.69) is 27.0 Å². The van der Waals surface area contributed by atoms with E-state index >= 15 is 0 Å². The summed E-state index contributed by atoms with van der Waals surface area (Å²) in [5.41, 5.74) is 1.24. The second kappa shape index (κ2) is 24.6. The van der Waals surface area contributed by atoms with Crippen molar-refractivity contribution in [1.29, 1.82) is 0 Å². The lowest BCUT2D eigenvalue weighted by molar-refractivity contribution is 0.0273. The predicted molar refractivity (Wildman–Crippen MR) is 172 cm³/mol. The van der Waals surface area contributed by atoms with Crippen LogP contribution < -0.4 is 0 Å². The van der Waals surface area contributed by atoms with Gasteiger partial charge in [0, 0.05) is 12.8 Å². The van der Waals surface area contributed by atoms with Crippen molar-refractivity contribution in [3.05, 3.63) is 97.1 Å². The molecule has 0 bridgehead atoms. The smallest absolute Gasteiger partial charge is 0.338 e. The van der Waals surface area contributed by atoms with Gasteiger partial charge in [-0.2, -0.15) is 0 Å². The lowest BCUT2D eigenvalue weighted by Gasteiger charge is -2.16. The zero-order valence-electron chi connectivity index (χ0n) is 25.7. The molecule has 0 N–H and O–H groups in total. The van der Waals surface area contributed by atoms with Gasteiger partial charge in [0.05, 0.1) is 11.1 Å². The molecule has 2 rings (SSSR count). The number of benzene rings is 2. The number of ether oxygens (including phenoxy) is 2. The number of esters is 2. The largest absolute Gasteiger partial charge is 0.458 e. The summed E-state index contributed by atoms with van der Waals surface area (Å²) < 4.78 is 11.2. The summed E-state index contributed by atoms with van der Waals surface area (Å²) in [6.45, 7) is 11.9. The van der Waals surface area contributed by atoms with Gasteiger partial charge in [0.2, 0.25) is 0 Å². The van der Waals surface area contributed by atoms with E-state index in [1.165, 1.54) is 57.8 Å². The number of carbonyl (C=O) groups is 2. The molecular weight excluding hydrogens is 508 g/mol. The Morgan fingerprint density at radius 3 is 1.27 bits per heavy atom. The molecule has 0 fully saturated rings. The second-order valence-corrected chi connectivity index (χ2v) is 10.6. The topological polar surface area (TPSA) is 52.6 Å². The van der Waals surface area contributed by atoms with Crippen LogP contribution in [0.25, 0.3) is 0 Å². The molecule has 0 aromatic heterocycles. The minimum absolute atomic E-state index is 0.0400. The van der Waals surface area contributed by atoms with Gasteiger partial charge >= 0.3 is 11.9 Å². The molecule has 0 saturated heterocycles. The third-order valence-corrected chi connectivity index (χ3v) is 6.93. The Morgan fingerprint density at radius 2 is 0.927 bits per heavy atom. The van der Waals surface area contributed by atoms with Gasteiger partial charge in [-0.25, -0.2) is 9.59 Å². The molecule has 41 heavy (non-hydrogen) atoms. The number of rotatable bonds is 21. The summed E-state index contributed by atoms with van der Waals surface area (Å²) in [6, 6.07) is 18.4. The van der Waals surface area contributed by atoms with Gasteiger partial charge in [-0.3, -0.25) is 0 Å². The molecule has 226 valence electrons. The predicted octanol–water partition coefficient (Wildman–Crippen LogP) is 10.7. The fourth-order valence-electron chi connectivity index (χ4n) is 4.54. The third-order valence-electron chi connectivity index (χ3n) is 6.93. The molecule has 0 spiro atoms. The maximum absolute atomic E-state index is 12.0. The van der Waals surface area contributed by atoms with Gasteiger partial charge in [0.1, 0.15) is 12.2 Å². The summed E-state index contributed by atoms with van der Waals surface area (Å²) in [7, 11) is 0. The van der Waals surface area contributed by atoms with Crippen LogP contribution in [0, 0.1) is 0 Å². The van der Waals surface area contributed by atoms with Crippen molar-refractivity contribution in [1.82, 2.24) is 0 Å². The van der Waals surface area contributed by atoms with E-state index in [4.69, 9.17) is 9.47 Å². The van der Waals surface area contributed by atoms with Crippen LogP contribution in [0.4, 0.5) is 0 Å². The molecule has 0 radical (unpaired) electrons. The first-order chi connectivity index (χ1) is 20.0. The van der Waals surface area contributed by atoms with E-state index in [0.717, 1.165) is 38.5 Å². The molecule has 0 heterocycles. The fourth-order valence-corrected chi connectivity index (χ4v) is 4.54. The van der Waals surface area contributed by atoms with E-state index in [1.54, 1.807) is 24.3 Å². The van der Waals surface area contributed by atoms with Gasteiger partial charge in [-0.05, 0) is 49.9 Å². The first-order valence-corrected chi connectivity index (χ1v) is 15.8. The van der Waals surface area contributed by atoms with Crippen LogP contribution in [0.3, 0.4) is 0 Å². The molecule has 0 aliphatic carbocycles. The molecule has 4 heteroatoms. The molecule has 2 atom stereocenters. The van der Waals surface area contributed by atoms with Crippen LogP contribution in [-0.4, -0.2) is 24.1 Å². The standard InChI is InChI=1S/C19H28O2.C18H26O2/c1-3-5-6-7-8-12-16-18(13-4-2)21-19(20)17-14-10-9-11-15-17;1-3-5-6-7-11-15-17(12-4-2)20-18(19)16-13-9-8-10-14-16/h4,9-11,14-15,18H,2-3,5-8,12-13,16H2,1H3;4,8-10,13-14,17H,2-3,5-7,11-12,15H2,1H3. The van der Waals surface area contributed by atoms with Crippen LogP contribution in [0.5, 0.6) is 0 Å². The summed E-state index contributed by atoms with van der Waals surface area (Å²) in [5.74, 6) is -0.459. The van der Waals surface area contributed by atoms with Crippen molar-refractivity contribution in [2.24, 2.45) is 0 Å². The van der Waals surface area contributed by atoms with Crippen molar-refractivity contribution in [3.63, 3.8) is 0 Å². The quantitative estimate of drug-likeness (QED) is 0.0862. The summed E-state index contributed by atoms with van der Waals surface area (Å²) in [5, 5.41) is 0. The first kappa shape index (κ1) is 35.9. The minimum atomic E-state index is -0.231. The van der Waals surface area contributed by atoms with Crippen molar-refractivity contribution in [2.75, 3.05) is 0 Å². The Morgan fingerprint density at radius 1 is 0.585 bits per heavy atom. The Labute approximate surface area is 250 Å². The van der Waals surface area contributed by atoms with Crippen molar-refractivity contribution in [3.8, 4) is 0 Å². The van der Waals surface area contributed by atoms with Gasteiger partial charge in [0.15, 0.2) is 0 Å². The molecule has 0 amide bonds. The lowest BCUT2D eigenvalue weighted by Crippen LogP contribution is -2.17. The van der Waals surface area contributed by atoms with Crippen molar-refractivity contribution >= 4 is 11.9 Å². The van der Waals surface area contributed by atoms with Gasteiger partial charge in [-0.1, -0.05) is 120 Å². The highest BCUT2D eigenvalue weighted by atomic mass is 16.5. The van der Waals surface area contributed by atoms with Crippen molar-refractivity contribution in [2.45, 2.75) is 122 Å². The third kappa shape index (κ3) is 18.0. The van der Waals surface area contributed by atoms with E-state index < -0.39 is 0 Å². The number of unbranched alkanes of at least 4 members (excludes halogenated alkanes) is 9. The molecule has 2 unspecified atom stereocenters. The fraction of sp³-hybridized carbons (Fsp3) is 0.514. The Hall–Kier alpha value is -3.14. The SMILES string of the molecule is C=CCC(CCCCCCC)OC(=O)c1ccccc1.C=CCC(CCCCCCCC)OC(=O)c1ccccc1. The van der Waals surface area contributed by atoms with E-state index in [0.29, 0.717) is 11.1 Å². The monoisotopic (exact) mass is 562 g/mol. The van der Waals surface area contributed by atoms with Crippen LogP contribution >= 0.6 is 0 Å². The zero-order valence-corrected chi connectivity index (χ0v) is 25.7. The lowest BCUT2D eigenvalue weighted by atomic mass is 10.1. The Balaban J connectivity index is 0.000000410. The number of hydrogen-bond acceptors (Lipinski definition) is 4. The highest BCUT2D eigenvalue weighted by molar-refractivity contribution is 5.89. The molecule has 0 aliphatic rings. The zero-order chi connectivity index (χ0) is 30.0. The molecule has 2 aromatic carbocycles.